The summed E-state index contributed by atoms with van der Waals surface area (Å²) in [5.74, 6) is 0.887. The van der Waals surface area contributed by atoms with Gasteiger partial charge in [-0.1, -0.05) is 11.2 Å². The first-order valence-corrected chi connectivity index (χ1v) is 8.40. The Morgan fingerprint density at radius 3 is 2.85 bits per heavy atom. The number of nitrogens with one attached hydrogen (secondary N) is 1. The second-order valence-electron chi connectivity index (χ2n) is 6.35. The van der Waals surface area contributed by atoms with Gasteiger partial charge in [0.25, 0.3) is 5.89 Å². The molecule has 0 amide bonds. The minimum atomic E-state index is -4.48. The van der Waals surface area contributed by atoms with Crippen LogP contribution in [0.5, 0.6) is 0 Å². The topological polar surface area (TPSA) is 72.0 Å². The van der Waals surface area contributed by atoms with Gasteiger partial charge in [-0.3, -0.25) is 4.90 Å². The molecule has 10 heteroatoms. The lowest BCUT2D eigenvalue weighted by Gasteiger charge is -2.30. The first-order chi connectivity index (χ1) is 12.9. The van der Waals surface area contributed by atoms with E-state index in [0.29, 0.717) is 23.0 Å². The monoisotopic (exact) mass is 378 g/mol. The van der Waals surface area contributed by atoms with E-state index in [1.807, 2.05) is 7.05 Å². The van der Waals surface area contributed by atoms with Crippen molar-refractivity contribution >= 4 is 0 Å². The van der Waals surface area contributed by atoms with E-state index in [9.17, 15) is 13.2 Å². The lowest BCUT2D eigenvalue weighted by atomic mass is 10.2. The second kappa shape index (κ2) is 6.78. The Kier molecular flexibility index (Phi) is 4.44. The summed E-state index contributed by atoms with van der Waals surface area (Å²) < 4.78 is 44.8. The maximum atomic E-state index is 12.8. The van der Waals surface area contributed by atoms with E-state index in [1.165, 1.54) is 10.9 Å². The number of hydrogen-bond donors (Lipinski definition) is 1. The Balaban J connectivity index is 1.61. The molecule has 0 aliphatic carbocycles. The highest BCUT2D eigenvalue weighted by molar-refractivity contribution is 5.57. The summed E-state index contributed by atoms with van der Waals surface area (Å²) in [5.41, 5.74) is 0.141. The lowest BCUT2D eigenvalue weighted by Crippen LogP contribution is -2.44. The van der Waals surface area contributed by atoms with Gasteiger partial charge in [0.15, 0.2) is 11.5 Å². The van der Waals surface area contributed by atoms with Crippen LogP contribution in [0.15, 0.2) is 41.1 Å². The van der Waals surface area contributed by atoms with Gasteiger partial charge in [0.1, 0.15) is 0 Å². The Bertz CT molecular complexity index is 935. The van der Waals surface area contributed by atoms with Gasteiger partial charge in [-0.15, -0.1) is 0 Å². The molecule has 142 valence electrons. The third-order valence-electron chi connectivity index (χ3n) is 4.49. The van der Waals surface area contributed by atoms with Crippen LogP contribution in [-0.4, -0.2) is 51.5 Å². The molecule has 0 bridgehead atoms. The average molecular weight is 378 g/mol. The van der Waals surface area contributed by atoms with Crippen molar-refractivity contribution in [2.45, 2.75) is 12.2 Å². The maximum Gasteiger partial charge on any atom is 0.435 e. The minimum absolute atomic E-state index is 0.0138. The largest absolute Gasteiger partial charge is 0.435 e. The van der Waals surface area contributed by atoms with E-state index in [2.05, 4.69) is 25.5 Å². The van der Waals surface area contributed by atoms with Crippen molar-refractivity contribution in [3.8, 4) is 17.1 Å². The molecular weight excluding hydrogens is 361 g/mol. The smallest absolute Gasteiger partial charge is 0.334 e. The molecule has 0 spiro atoms. The Labute approximate surface area is 152 Å². The van der Waals surface area contributed by atoms with E-state index in [0.717, 1.165) is 25.7 Å². The zero-order valence-electron chi connectivity index (χ0n) is 14.4. The number of benzene rings is 1. The molecule has 1 N–H and O–H groups in total. The van der Waals surface area contributed by atoms with Crippen molar-refractivity contribution in [3.05, 3.63) is 48.0 Å². The molecular formula is C17H17F3N6O. The SMILES string of the molecule is CN1CCNCC1c1noc(-c2cccc(-n3ccc(C(F)(F)F)n3)c2)n1. The van der Waals surface area contributed by atoms with Crippen LogP contribution in [0.4, 0.5) is 13.2 Å². The number of rotatable bonds is 3. The second-order valence-corrected chi connectivity index (χ2v) is 6.35. The predicted molar refractivity (Wildman–Crippen MR) is 90.1 cm³/mol. The van der Waals surface area contributed by atoms with Gasteiger partial charge in [0, 0.05) is 31.4 Å². The molecule has 1 unspecified atom stereocenters. The fraction of sp³-hybridized carbons (Fsp3) is 0.353. The van der Waals surface area contributed by atoms with Crippen molar-refractivity contribution in [2.75, 3.05) is 26.7 Å². The van der Waals surface area contributed by atoms with Gasteiger partial charge >= 0.3 is 6.18 Å². The fourth-order valence-corrected chi connectivity index (χ4v) is 2.98. The standard InChI is InChI=1S/C17H17F3N6O/c1-25-8-6-21-10-13(25)15-22-16(27-24-15)11-3-2-4-12(9-11)26-7-5-14(23-26)17(18,19)20/h2-5,7,9,13,21H,6,8,10H2,1H3. The highest BCUT2D eigenvalue weighted by atomic mass is 19.4. The Hall–Kier alpha value is -2.72. The van der Waals surface area contributed by atoms with E-state index >= 15 is 0 Å². The summed E-state index contributed by atoms with van der Waals surface area (Å²) in [6.45, 7) is 2.51. The van der Waals surface area contributed by atoms with Gasteiger partial charge in [0.2, 0.25) is 0 Å². The van der Waals surface area contributed by atoms with E-state index in [1.54, 1.807) is 24.3 Å². The molecule has 1 saturated heterocycles. The summed E-state index contributed by atoms with van der Waals surface area (Å²) >= 11 is 0. The zero-order chi connectivity index (χ0) is 19.0. The molecule has 1 aliphatic rings. The Morgan fingerprint density at radius 2 is 2.11 bits per heavy atom. The summed E-state index contributed by atoms with van der Waals surface area (Å²) in [5, 5.41) is 10.9. The minimum Gasteiger partial charge on any atom is -0.334 e. The van der Waals surface area contributed by atoms with Crippen LogP contribution in [0.25, 0.3) is 17.1 Å². The van der Waals surface area contributed by atoms with Gasteiger partial charge in [0.05, 0.1) is 11.7 Å². The third-order valence-corrected chi connectivity index (χ3v) is 4.49. The van der Waals surface area contributed by atoms with E-state index in [4.69, 9.17) is 4.52 Å². The van der Waals surface area contributed by atoms with Crippen molar-refractivity contribution in [3.63, 3.8) is 0 Å². The van der Waals surface area contributed by atoms with Crippen LogP contribution in [-0.2, 0) is 6.18 Å². The molecule has 0 radical (unpaired) electrons. The number of hydrogen-bond acceptors (Lipinski definition) is 6. The molecule has 7 nitrogen and oxygen atoms in total. The van der Waals surface area contributed by atoms with Crippen LogP contribution in [0.2, 0.25) is 0 Å². The van der Waals surface area contributed by atoms with Crippen molar-refractivity contribution in [2.24, 2.45) is 0 Å². The van der Waals surface area contributed by atoms with Crippen molar-refractivity contribution in [1.29, 1.82) is 0 Å². The predicted octanol–water partition coefficient (Wildman–Crippen LogP) is 2.52. The lowest BCUT2D eigenvalue weighted by molar-refractivity contribution is -0.141. The molecule has 4 rings (SSSR count). The van der Waals surface area contributed by atoms with Gasteiger partial charge in [-0.05, 0) is 31.3 Å². The van der Waals surface area contributed by atoms with Crippen LogP contribution in [0.3, 0.4) is 0 Å². The summed E-state index contributed by atoms with van der Waals surface area (Å²) in [7, 11) is 2.00. The highest BCUT2D eigenvalue weighted by Gasteiger charge is 2.33. The van der Waals surface area contributed by atoms with Crippen LogP contribution in [0, 0.1) is 0 Å². The number of nitrogens with zero attached hydrogens (tertiary/aromatic N) is 5. The zero-order valence-corrected chi connectivity index (χ0v) is 14.4. The number of piperazine rings is 1. The van der Waals surface area contributed by atoms with E-state index < -0.39 is 11.9 Å². The number of aromatic nitrogens is 4. The van der Waals surface area contributed by atoms with Gasteiger partial charge in [-0.2, -0.15) is 23.3 Å². The molecule has 27 heavy (non-hydrogen) atoms. The third kappa shape index (κ3) is 3.58. The van der Waals surface area contributed by atoms with Crippen LogP contribution in [0.1, 0.15) is 17.6 Å². The van der Waals surface area contributed by atoms with Crippen molar-refractivity contribution in [1.82, 2.24) is 30.1 Å². The summed E-state index contributed by atoms with van der Waals surface area (Å²) in [6.07, 6.45) is -3.21. The molecule has 0 saturated carbocycles. The molecule has 2 aromatic heterocycles. The Morgan fingerprint density at radius 1 is 1.26 bits per heavy atom. The van der Waals surface area contributed by atoms with Crippen LogP contribution < -0.4 is 5.32 Å². The number of halogens is 3. The molecule has 1 aromatic carbocycles. The number of likely N-dealkylation sites (N-methyl/N-ethyl adjacent to an activating group) is 1. The van der Waals surface area contributed by atoms with Crippen molar-refractivity contribution < 1.29 is 17.7 Å². The highest BCUT2D eigenvalue weighted by Crippen LogP contribution is 2.29. The molecule has 1 aliphatic heterocycles. The molecule has 1 fully saturated rings. The normalized spacial score (nSPS) is 18.7. The fourth-order valence-electron chi connectivity index (χ4n) is 2.98. The van der Waals surface area contributed by atoms with E-state index in [-0.39, 0.29) is 6.04 Å². The summed E-state index contributed by atoms with van der Waals surface area (Å²) in [6, 6.07) is 7.74. The summed E-state index contributed by atoms with van der Waals surface area (Å²) in [4.78, 5) is 6.61. The molecule has 1 atom stereocenters. The van der Waals surface area contributed by atoms with Gasteiger partial charge in [-0.25, -0.2) is 4.68 Å². The average Bonchev–Trinajstić information content (AvgIpc) is 3.32. The quantitative estimate of drug-likeness (QED) is 0.755. The maximum absolute atomic E-state index is 12.8. The van der Waals surface area contributed by atoms with Crippen LogP contribution >= 0.6 is 0 Å². The molecule has 3 aromatic rings. The first kappa shape index (κ1) is 17.7. The van der Waals surface area contributed by atoms with Gasteiger partial charge < -0.3 is 9.84 Å². The number of alkyl halides is 3. The first-order valence-electron chi connectivity index (χ1n) is 8.40. The molecule has 3 heterocycles.